The van der Waals surface area contributed by atoms with Gasteiger partial charge in [-0.3, -0.25) is 0 Å². The zero-order valence-corrected chi connectivity index (χ0v) is 10.8. The number of halogens is 3. The van der Waals surface area contributed by atoms with E-state index in [1.807, 2.05) is 0 Å². The number of nitrogens with one attached hydrogen (secondary N) is 1. The van der Waals surface area contributed by atoms with Crippen LogP contribution in [0.1, 0.15) is 23.6 Å². The van der Waals surface area contributed by atoms with Crippen LogP contribution >= 0.6 is 0 Å². The van der Waals surface area contributed by atoms with E-state index in [1.54, 1.807) is 11.0 Å². The molecule has 1 aliphatic heterocycles. The maximum absolute atomic E-state index is 12.7. The lowest BCUT2D eigenvalue weighted by atomic mass is 10.0. The second kappa shape index (κ2) is 5.70. The van der Waals surface area contributed by atoms with Gasteiger partial charge in [0.15, 0.2) is 0 Å². The molecular weight excluding hydrogens is 271 g/mol. The number of benzene rings is 1. The minimum Gasteiger partial charge on any atom is -0.330 e. The minimum atomic E-state index is -4.38. The number of nitrogens with zero attached hydrogens (tertiary/aromatic N) is 1. The molecule has 1 unspecified atom stereocenters. The second-order valence-electron chi connectivity index (χ2n) is 4.71. The monoisotopic (exact) mass is 287 g/mol. The largest absolute Gasteiger partial charge is 0.416 e. The molecule has 4 nitrogen and oxygen atoms in total. The Kier molecular flexibility index (Phi) is 4.17. The number of carbonyl (C=O) groups excluding carboxylic acids is 1. The summed E-state index contributed by atoms with van der Waals surface area (Å²) in [5.74, 6) is 0. The van der Waals surface area contributed by atoms with Crippen LogP contribution in [-0.4, -0.2) is 30.6 Å². The van der Waals surface area contributed by atoms with Crippen LogP contribution < -0.4 is 11.1 Å². The van der Waals surface area contributed by atoms with Crippen molar-refractivity contribution in [2.45, 2.75) is 18.6 Å². The Bertz CT molecular complexity index is 490. The SMILES string of the molecule is NCCCN1CC(c2cccc(C(F)(F)F)c2)NC1=O. The summed E-state index contributed by atoms with van der Waals surface area (Å²) in [6.07, 6.45) is -3.71. The van der Waals surface area contributed by atoms with Crippen molar-refractivity contribution in [1.29, 1.82) is 0 Å². The summed E-state index contributed by atoms with van der Waals surface area (Å²) in [4.78, 5) is 13.3. The van der Waals surface area contributed by atoms with Crippen molar-refractivity contribution >= 4 is 6.03 Å². The molecule has 1 fully saturated rings. The Morgan fingerprint density at radius 3 is 2.80 bits per heavy atom. The molecule has 20 heavy (non-hydrogen) atoms. The molecule has 2 rings (SSSR count). The summed E-state index contributed by atoms with van der Waals surface area (Å²) < 4.78 is 38.0. The van der Waals surface area contributed by atoms with Crippen LogP contribution in [0.25, 0.3) is 0 Å². The summed E-state index contributed by atoms with van der Waals surface area (Å²) in [5.41, 5.74) is 5.14. The molecule has 1 aromatic rings. The maximum atomic E-state index is 12.7. The third-order valence-corrected chi connectivity index (χ3v) is 3.24. The lowest BCUT2D eigenvalue weighted by Gasteiger charge is -2.15. The van der Waals surface area contributed by atoms with Gasteiger partial charge >= 0.3 is 12.2 Å². The fourth-order valence-corrected chi connectivity index (χ4v) is 2.18. The average molecular weight is 287 g/mol. The van der Waals surface area contributed by atoms with Gasteiger partial charge in [-0.25, -0.2) is 4.79 Å². The molecule has 1 atom stereocenters. The van der Waals surface area contributed by atoms with Gasteiger partial charge in [0.1, 0.15) is 0 Å². The Morgan fingerprint density at radius 1 is 1.40 bits per heavy atom. The van der Waals surface area contributed by atoms with Crippen molar-refractivity contribution in [2.75, 3.05) is 19.6 Å². The third kappa shape index (κ3) is 3.22. The molecule has 1 heterocycles. The number of carbonyl (C=O) groups is 1. The minimum absolute atomic E-state index is 0.263. The first-order chi connectivity index (χ1) is 9.41. The zero-order valence-electron chi connectivity index (χ0n) is 10.8. The number of rotatable bonds is 4. The smallest absolute Gasteiger partial charge is 0.330 e. The van der Waals surface area contributed by atoms with Crippen molar-refractivity contribution < 1.29 is 18.0 Å². The third-order valence-electron chi connectivity index (χ3n) is 3.24. The lowest BCUT2D eigenvalue weighted by molar-refractivity contribution is -0.137. The molecule has 7 heteroatoms. The van der Waals surface area contributed by atoms with E-state index in [-0.39, 0.29) is 6.03 Å². The summed E-state index contributed by atoms with van der Waals surface area (Å²) in [5, 5.41) is 2.69. The molecule has 3 N–H and O–H groups in total. The summed E-state index contributed by atoms with van der Waals surface area (Å²) in [7, 11) is 0. The zero-order chi connectivity index (χ0) is 14.8. The van der Waals surface area contributed by atoms with Gasteiger partial charge in [0.2, 0.25) is 0 Å². The highest BCUT2D eigenvalue weighted by atomic mass is 19.4. The van der Waals surface area contributed by atoms with Crippen molar-refractivity contribution in [3.8, 4) is 0 Å². The highest BCUT2D eigenvalue weighted by Crippen LogP contribution is 2.31. The summed E-state index contributed by atoms with van der Waals surface area (Å²) in [6.45, 7) is 1.34. The van der Waals surface area contributed by atoms with Gasteiger partial charge < -0.3 is 16.0 Å². The molecule has 1 saturated heterocycles. The van der Waals surface area contributed by atoms with Gasteiger partial charge in [-0.1, -0.05) is 12.1 Å². The van der Waals surface area contributed by atoms with Crippen LogP contribution in [0.5, 0.6) is 0 Å². The van der Waals surface area contributed by atoms with Gasteiger partial charge in [-0.15, -0.1) is 0 Å². The number of alkyl halides is 3. The van der Waals surface area contributed by atoms with E-state index in [9.17, 15) is 18.0 Å². The molecule has 0 aromatic heterocycles. The number of hydrogen-bond acceptors (Lipinski definition) is 2. The highest BCUT2D eigenvalue weighted by Gasteiger charge is 2.33. The molecule has 0 spiro atoms. The Labute approximate surface area is 114 Å². The predicted molar refractivity (Wildman–Crippen MR) is 68.0 cm³/mol. The van der Waals surface area contributed by atoms with Crippen molar-refractivity contribution in [3.63, 3.8) is 0 Å². The lowest BCUT2D eigenvalue weighted by Crippen LogP contribution is -2.30. The first-order valence-corrected chi connectivity index (χ1v) is 6.34. The van der Waals surface area contributed by atoms with Crippen LogP contribution in [-0.2, 0) is 6.18 Å². The highest BCUT2D eigenvalue weighted by molar-refractivity contribution is 5.77. The number of hydrogen-bond donors (Lipinski definition) is 2. The van der Waals surface area contributed by atoms with Crippen LogP contribution in [0.4, 0.5) is 18.0 Å². The number of amides is 2. The van der Waals surface area contributed by atoms with Crippen LogP contribution in [0.3, 0.4) is 0 Å². The molecule has 2 amide bonds. The predicted octanol–water partition coefficient (Wildman–Crippen LogP) is 2.12. The molecular formula is C13H16F3N3O. The van der Waals surface area contributed by atoms with Gasteiger partial charge in [0.25, 0.3) is 0 Å². The van der Waals surface area contributed by atoms with Crippen molar-refractivity contribution in [1.82, 2.24) is 10.2 Å². The van der Waals surface area contributed by atoms with E-state index in [1.165, 1.54) is 6.07 Å². The van der Waals surface area contributed by atoms with Crippen LogP contribution in [0.2, 0.25) is 0 Å². The fraction of sp³-hybridized carbons (Fsp3) is 0.462. The number of urea groups is 1. The van der Waals surface area contributed by atoms with E-state index in [0.29, 0.717) is 31.6 Å². The molecule has 0 aliphatic carbocycles. The summed E-state index contributed by atoms with van der Waals surface area (Å²) >= 11 is 0. The molecule has 0 radical (unpaired) electrons. The first-order valence-electron chi connectivity index (χ1n) is 6.34. The Hall–Kier alpha value is -1.76. The van der Waals surface area contributed by atoms with Gasteiger partial charge in [-0.2, -0.15) is 13.2 Å². The fourth-order valence-electron chi connectivity index (χ4n) is 2.18. The maximum Gasteiger partial charge on any atom is 0.416 e. The van der Waals surface area contributed by atoms with Crippen molar-refractivity contribution in [2.24, 2.45) is 5.73 Å². The molecule has 1 aromatic carbocycles. The molecule has 1 aliphatic rings. The van der Waals surface area contributed by atoms with Crippen LogP contribution in [0, 0.1) is 0 Å². The van der Waals surface area contributed by atoms with E-state index in [4.69, 9.17) is 5.73 Å². The standard InChI is InChI=1S/C13H16F3N3O/c14-13(15,16)10-4-1-3-9(7-10)11-8-19(6-2-5-17)12(20)18-11/h1,3-4,7,11H,2,5-6,8,17H2,(H,18,20). The summed E-state index contributed by atoms with van der Waals surface area (Å²) in [6, 6.07) is 4.37. The second-order valence-corrected chi connectivity index (χ2v) is 4.71. The molecule has 0 bridgehead atoms. The van der Waals surface area contributed by atoms with Gasteiger partial charge in [-0.05, 0) is 30.7 Å². The average Bonchev–Trinajstić information content (AvgIpc) is 2.77. The Balaban J connectivity index is 2.11. The van der Waals surface area contributed by atoms with Gasteiger partial charge in [0, 0.05) is 13.1 Å². The van der Waals surface area contributed by atoms with Gasteiger partial charge in [0.05, 0.1) is 11.6 Å². The topological polar surface area (TPSA) is 58.4 Å². The first kappa shape index (κ1) is 14.6. The van der Waals surface area contributed by atoms with E-state index in [0.717, 1.165) is 12.1 Å². The normalized spacial score (nSPS) is 19.3. The van der Waals surface area contributed by atoms with E-state index in [2.05, 4.69) is 5.32 Å². The quantitative estimate of drug-likeness (QED) is 0.891. The van der Waals surface area contributed by atoms with E-state index < -0.39 is 17.8 Å². The van der Waals surface area contributed by atoms with Crippen LogP contribution in [0.15, 0.2) is 24.3 Å². The Morgan fingerprint density at radius 2 is 2.15 bits per heavy atom. The van der Waals surface area contributed by atoms with Crippen molar-refractivity contribution in [3.05, 3.63) is 35.4 Å². The molecule has 110 valence electrons. The van der Waals surface area contributed by atoms with E-state index >= 15 is 0 Å². The molecule has 0 saturated carbocycles. The number of nitrogens with two attached hydrogens (primary N) is 1.